The summed E-state index contributed by atoms with van der Waals surface area (Å²) in [6.45, 7) is 1.91. The summed E-state index contributed by atoms with van der Waals surface area (Å²) in [6.07, 6.45) is 1.06. The van der Waals surface area contributed by atoms with E-state index in [1.54, 1.807) is 47.4 Å². The Balaban J connectivity index is 1.66. The molecule has 0 radical (unpaired) electrons. The van der Waals surface area contributed by atoms with Crippen molar-refractivity contribution in [2.24, 2.45) is 0 Å². The minimum Gasteiger partial charge on any atom is -0.366 e. The summed E-state index contributed by atoms with van der Waals surface area (Å²) in [7, 11) is -3.51. The quantitative estimate of drug-likeness (QED) is 0.751. The molecule has 1 amide bonds. The van der Waals surface area contributed by atoms with Crippen molar-refractivity contribution in [1.29, 1.82) is 0 Å². The number of carbonyl (C=O) groups excluding carboxylic acids is 1. The summed E-state index contributed by atoms with van der Waals surface area (Å²) < 4.78 is 40.0. The summed E-state index contributed by atoms with van der Waals surface area (Å²) in [4.78, 5) is 16.4. The lowest BCUT2D eigenvalue weighted by Crippen LogP contribution is -2.49. The van der Waals surface area contributed by atoms with Crippen molar-refractivity contribution >= 4 is 33.2 Å². The molecular formula is C20H23ClFN3O3S. The zero-order chi connectivity index (χ0) is 21.0. The van der Waals surface area contributed by atoms with Crippen LogP contribution in [0.1, 0.15) is 18.0 Å². The van der Waals surface area contributed by atoms with Crippen LogP contribution < -0.4 is 9.62 Å². The number of nitrogens with zero attached hydrogens (tertiary/aromatic N) is 2. The highest BCUT2D eigenvalue weighted by Gasteiger charge is 2.26. The van der Waals surface area contributed by atoms with Crippen LogP contribution in [0, 0.1) is 5.82 Å². The molecule has 0 aliphatic carbocycles. The van der Waals surface area contributed by atoms with Crippen LogP contribution >= 0.6 is 11.6 Å². The van der Waals surface area contributed by atoms with Gasteiger partial charge in [0.05, 0.1) is 18.0 Å². The molecule has 0 saturated carbocycles. The molecule has 0 bridgehead atoms. The number of sulfonamides is 1. The number of hydrogen-bond acceptors (Lipinski definition) is 4. The van der Waals surface area contributed by atoms with Crippen molar-refractivity contribution < 1.29 is 17.6 Å². The van der Waals surface area contributed by atoms with E-state index < -0.39 is 16.1 Å². The van der Waals surface area contributed by atoms with E-state index in [9.17, 15) is 17.6 Å². The number of rotatable bonds is 6. The minimum atomic E-state index is -3.51. The first-order valence-electron chi connectivity index (χ1n) is 9.23. The molecule has 1 N–H and O–H groups in total. The Labute approximate surface area is 175 Å². The molecular weight excluding hydrogens is 417 g/mol. The van der Waals surface area contributed by atoms with E-state index >= 15 is 0 Å². The lowest BCUT2D eigenvalue weighted by Gasteiger charge is -2.36. The average Bonchev–Trinajstić information content (AvgIpc) is 2.67. The normalized spacial score (nSPS) is 16.0. The van der Waals surface area contributed by atoms with Gasteiger partial charge in [0, 0.05) is 37.6 Å². The molecule has 9 heteroatoms. The van der Waals surface area contributed by atoms with Crippen LogP contribution in [0.15, 0.2) is 48.5 Å². The second kappa shape index (κ2) is 9.11. The molecule has 3 rings (SSSR count). The van der Waals surface area contributed by atoms with Gasteiger partial charge in [-0.25, -0.2) is 17.5 Å². The van der Waals surface area contributed by atoms with E-state index in [1.165, 1.54) is 6.07 Å². The number of carbonyl (C=O) groups is 1. The van der Waals surface area contributed by atoms with Crippen molar-refractivity contribution in [1.82, 2.24) is 9.62 Å². The lowest BCUT2D eigenvalue weighted by molar-refractivity contribution is -0.132. The van der Waals surface area contributed by atoms with Gasteiger partial charge in [-0.3, -0.25) is 4.79 Å². The molecule has 1 saturated heterocycles. The summed E-state index contributed by atoms with van der Waals surface area (Å²) in [6, 6.07) is 12.6. The third kappa shape index (κ3) is 5.91. The third-order valence-electron chi connectivity index (χ3n) is 4.83. The van der Waals surface area contributed by atoms with Gasteiger partial charge in [-0.05, 0) is 29.8 Å². The molecule has 1 aliphatic heterocycles. The number of benzene rings is 2. The summed E-state index contributed by atoms with van der Waals surface area (Å²) >= 11 is 5.91. The van der Waals surface area contributed by atoms with Crippen LogP contribution in [0.3, 0.4) is 0 Å². The molecule has 0 unspecified atom stereocenters. The maximum absolute atomic E-state index is 14.0. The van der Waals surface area contributed by atoms with E-state index in [4.69, 9.17) is 11.6 Å². The van der Waals surface area contributed by atoms with Crippen LogP contribution in [-0.2, 0) is 14.8 Å². The van der Waals surface area contributed by atoms with Crippen molar-refractivity contribution in [2.45, 2.75) is 12.5 Å². The van der Waals surface area contributed by atoms with Crippen molar-refractivity contribution in [3.05, 3.63) is 64.9 Å². The van der Waals surface area contributed by atoms with Gasteiger partial charge >= 0.3 is 0 Å². The lowest BCUT2D eigenvalue weighted by atomic mass is 10.0. The second-order valence-corrected chi connectivity index (χ2v) is 9.23. The first kappa shape index (κ1) is 21.5. The summed E-state index contributed by atoms with van der Waals surface area (Å²) in [5.41, 5.74) is 1.19. The van der Waals surface area contributed by atoms with E-state index in [0.29, 0.717) is 42.5 Å². The Hall–Kier alpha value is -2.16. The highest BCUT2D eigenvalue weighted by atomic mass is 35.5. The second-order valence-electron chi connectivity index (χ2n) is 7.02. The van der Waals surface area contributed by atoms with Crippen molar-refractivity contribution in [3.63, 3.8) is 0 Å². The summed E-state index contributed by atoms with van der Waals surface area (Å²) in [5.74, 6) is -0.443. The van der Waals surface area contributed by atoms with E-state index in [2.05, 4.69) is 4.72 Å². The highest BCUT2D eigenvalue weighted by molar-refractivity contribution is 7.88. The zero-order valence-corrected chi connectivity index (χ0v) is 17.6. The van der Waals surface area contributed by atoms with Crippen LogP contribution in [0.4, 0.5) is 10.1 Å². The van der Waals surface area contributed by atoms with Crippen LogP contribution in [-0.4, -0.2) is 51.7 Å². The standard InChI is InChI=1S/C20H23ClFN3O3S/c1-29(27,28)23-18(15-6-8-16(21)9-7-15)14-20(26)25-12-10-24(11-13-25)19-5-3-2-4-17(19)22/h2-9,18,23H,10-14H2,1H3/t18-/m1/s1. The Morgan fingerprint density at radius 1 is 1.10 bits per heavy atom. The first-order valence-corrected chi connectivity index (χ1v) is 11.5. The van der Waals surface area contributed by atoms with Gasteiger partial charge in [0.1, 0.15) is 5.82 Å². The molecule has 6 nitrogen and oxygen atoms in total. The Bertz CT molecular complexity index is 961. The Morgan fingerprint density at radius 2 is 1.72 bits per heavy atom. The van der Waals surface area contributed by atoms with Crippen molar-refractivity contribution in [3.8, 4) is 0 Å². The fraction of sp³-hybridized carbons (Fsp3) is 0.350. The van der Waals surface area contributed by atoms with E-state index in [1.807, 2.05) is 4.90 Å². The van der Waals surface area contributed by atoms with Gasteiger partial charge in [-0.1, -0.05) is 35.9 Å². The Morgan fingerprint density at radius 3 is 2.31 bits per heavy atom. The molecule has 1 fully saturated rings. The Kier molecular flexibility index (Phi) is 6.77. The van der Waals surface area contributed by atoms with Gasteiger partial charge in [-0.2, -0.15) is 0 Å². The minimum absolute atomic E-state index is 0.00556. The molecule has 0 aromatic heterocycles. The number of hydrogen-bond donors (Lipinski definition) is 1. The molecule has 1 heterocycles. The molecule has 1 aliphatic rings. The SMILES string of the molecule is CS(=O)(=O)N[C@H](CC(=O)N1CCN(c2ccccc2F)CC1)c1ccc(Cl)cc1. The number of para-hydroxylation sites is 1. The number of nitrogens with one attached hydrogen (secondary N) is 1. The number of halogens is 2. The monoisotopic (exact) mass is 439 g/mol. The molecule has 2 aromatic carbocycles. The van der Waals surface area contributed by atoms with E-state index in [0.717, 1.165) is 6.26 Å². The molecule has 0 spiro atoms. The van der Waals surface area contributed by atoms with Crippen LogP contribution in [0.25, 0.3) is 0 Å². The van der Waals surface area contributed by atoms with Gasteiger partial charge in [0.25, 0.3) is 0 Å². The zero-order valence-electron chi connectivity index (χ0n) is 16.0. The average molecular weight is 440 g/mol. The maximum Gasteiger partial charge on any atom is 0.224 e. The predicted octanol–water partition coefficient (Wildman–Crippen LogP) is 2.81. The smallest absolute Gasteiger partial charge is 0.224 e. The third-order valence-corrected chi connectivity index (χ3v) is 5.80. The fourth-order valence-electron chi connectivity index (χ4n) is 3.39. The largest absolute Gasteiger partial charge is 0.366 e. The highest BCUT2D eigenvalue weighted by Crippen LogP contribution is 2.23. The fourth-order valence-corrected chi connectivity index (χ4v) is 4.25. The number of anilines is 1. The molecule has 156 valence electrons. The van der Waals surface area contributed by atoms with Gasteiger partial charge < -0.3 is 9.80 Å². The number of piperazine rings is 1. The van der Waals surface area contributed by atoms with Crippen LogP contribution in [0.2, 0.25) is 5.02 Å². The number of amides is 1. The maximum atomic E-state index is 14.0. The van der Waals surface area contributed by atoms with Crippen molar-refractivity contribution in [2.75, 3.05) is 37.3 Å². The van der Waals surface area contributed by atoms with E-state index in [-0.39, 0.29) is 18.1 Å². The van der Waals surface area contributed by atoms with Gasteiger partial charge in [-0.15, -0.1) is 0 Å². The van der Waals surface area contributed by atoms with Gasteiger partial charge in [0.2, 0.25) is 15.9 Å². The van der Waals surface area contributed by atoms with Gasteiger partial charge in [0.15, 0.2) is 0 Å². The first-order chi connectivity index (χ1) is 13.7. The van der Waals surface area contributed by atoms with Crippen LogP contribution in [0.5, 0.6) is 0 Å². The molecule has 29 heavy (non-hydrogen) atoms. The molecule has 1 atom stereocenters. The molecule has 2 aromatic rings. The topological polar surface area (TPSA) is 69.7 Å². The summed E-state index contributed by atoms with van der Waals surface area (Å²) in [5, 5.41) is 0.530. The predicted molar refractivity (Wildman–Crippen MR) is 112 cm³/mol.